The number of halogens is 26. The lowest BCUT2D eigenvalue weighted by atomic mass is 9.93. The van der Waals surface area contributed by atoms with Crippen LogP contribution < -0.4 is 4.57 Å². The Morgan fingerprint density at radius 1 is 0.636 bits per heavy atom. The summed E-state index contributed by atoms with van der Waals surface area (Å²) in [5.74, 6) is -76.9. The normalized spacial score (nSPS) is 13.8. The summed E-state index contributed by atoms with van der Waals surface area (Å²) in [7, 11) is -1.36. The molecule has 0 aliphatic heterocycles. The lowest BCUT2D eigenvalue weighted by Gasteiger charge is -2.39. The van der Waals surface area contributed by atoms with Crippen LogP contribution in [0.1, 0.15) is 40.0 Å². The third-order valence-electron chi connectivity index (χ3n) is 8.61. The molecule has 77 heavy (non-hydrogen) atoms. The quantitative estimate of drug-likeness (QED) is 0.0275. The van der Waals surface area contributed by atoms with Gasteiger partial charge >= 0.3 is 88.7 Å². The SMILES string of the molecule is C=C(C)C(=O)OCCC.C=C(C)C(=O)OCCS(=O)(=O)O.C[n+]1cc[nH]c1SCCC(F)(F)C(F)(F)C(F)(F)C(F)(F)C(F)(F)C(F)(F)F.Cn1ccnc1SCCC(F)(F)C(F)(F)C(F)(F)C(F)(F)C(F)(F)C(F)(F)F. The lowest BCUT2D eigenvalue weighted by molar-refractivity contribution is -0.708. The van der Waals surface area contributed by atoms with Gasteiger partial charge in [0.2, 0.25) is 0 Å². The molecule has 2 heterocycles. The second-order valence-corrected chi connectivity index (χ2v) is 18.7. The largest absolute Gasteiger partial charge is 0.462 e. The van der Waals surface area contributed by atoms with Gasteiger partial charge < -0.3 is 14.0 Å². The maximum absolute atomic E-state index is 13.5. The fourth-order valence-electron chi connectivity index (χ4n) is 4.17. The molecule has 0 aliphatic rings. The smallest absolute Gasteiger partial charge is 0.460 e. The minimum atomic E-state index is -7.86. The van der Waals surface area contributed by atoms with E-state index in [-0.39, 0.29) is 28.5 Å². The van der Waals surface area contributed by atoms with Gasteiger partial charge in [-0.15, -0.1) is 0 Å². The Balaban J connectivity index is 0. The summed E-state index contributed by atoms with van der Waals surface area (Å²) in [6.45, 7) is 11.9. The van der Waals surface area contributed by atoms with Gasteiger partial charge in [0, 0.05) is 54.9 Å². The Labute approximate surface area is 425 Å². The van der Waals surface area contributed by atoms with E-state index in [9.17, 15) is 132 Å². The van der Waals surface area contributed by atoms with Crippen molar-refractivity contribution in [2.24, 2.45) is 14.1 Å². The first-order valence-corrected chi connectivity index (χ1v) is 23.3. The highest BCUT2D eigenvalue weighted by atomic mass is 32.2. The minimum Gasteiger partial charge on any atom is -0.462 e. The van der Waals surface area contributed by atoms with Crippen LogP contribution in [-0.4, -0.2) is 141 Å². The van der Waals surface area contributed by atoms with Crippen molar-refractivity contribution >= 4 is 45.6 Å². The van der Waals surface area contributed by atoms with Gasteiger partial charge in [-0.25, -0.2) is 24.1 Å². The van der Waals surface area contributed by atoms with E-state index in [0.717, 1.165) is 12.6 Å². The molecule has 0 radical (unpaired) electrons. The van der Waals surface area contributed by atoms with Crippen molar-refractivity contribution in [1.29, 1.82) is 0 Å². The lowest BCUT2D eigenvalue weighted by Crippen LogP contribution is -2.70. The number of hydrogen-bond donors (Lipinski definition) is 2. The van der Waals surface area contributed by atoms with Crippen LogP contribution in [0.3, 0.4) is 0 Å². The highest BCUT2D eigenvalue weighted by Crippen LogP contribution is 2.62. The zero-order chi connectivity index (χ0) is 61.8. The van der Waals surface area contributed by atoms with Gasteiger partial charge in [-0.05, 0) is 32.0 Å². The van der Waals surface area contributed by atoms with Crippen LogP contribution in [-0.2, 0) is 43.3 Å². The third kappa shape index (κ3) is 18.1. The van der Waals surface area contributed by atoms with E-state index >= 15 is 0 Å². The summed E-state index contributed by atoms with van der Waals surface area (Å²) in [6, 6.07) is 0. The number of rotatable bonds is 23. The topological polar surface area (TPSA) is 144 Å². The minimum absolute atomic E-state index is 0.0554. The van der Waals surface area contributed by atoms with Crippen molar-refractivity contribution in [2.45, 2.75) is 122 Å². The molecule has 0 spiro atoms. The number of thioether (sulfide) groups is 2. The molecule has 0 aliphatic carbocycles. The number of aromatic nitrogens is 4. The van der Waals surface area contributed by atoms with Crippen LogP contribution in [0.2, 0.25) is 0 Å². The molecule has 40 heteroatoms. The summed E-state index contributed by atoms with van der Waals surface area (Å²) < 4.78 is 375. The van der Waals surface area contributed by atoms with Crippen molar-refractivity contribution in [3.63, 3.8) is 0 Å². The Morgan fingerprint density at radius 3 is 1.27 bits per heavy atom. The fraction of sp³-hybridized carbons (Fsp3) is 0.676. The molecule has 11 nitrogen and oxygen atoms in total. The number of H-pyrrole nitrogens is 1. The number of esters is 2. The van der Waals surface area contributed by atoms with Gasteiger partial charge in [0.25, 0.3) is 10.1 Å². The van der Waals surface area contributed by atoms with Crippen LogP contribution >= 0.6 is 23.5 Å². The Bertz CT molecular complexity index is 2250. The van der Waals surface area contributed by atoms with E-state index in [1.54, 1.807) is 6.92 Å². The molecule has 0 unspecified atom stereocenters. The van der Waals surface area contributed by atoms with Crippen molar-refractivity contribution < 1.29 is 151 Å². The molecular weight excluding hydrogens is 1200 g/mol. The second kappa shape index (κ2) is 26.7. The molecule has 2 aromatic rings. The zero-order valence-electron chi connectivity index (χ0n) is 39.2. The Morgan fingerprint density at radius 2 is 0.987 bits per heavy atom. The molecule has 0 atom stereocenters. The first kappa shape index (κ1) is 74.7. The maximum Gasteiger partial charge on any atom is 0.460 e. The average molecular weight is 1240 g/mol. The number of hydrogen-bond acceptors (Lipinski definition) is 9. The summed E-state index contributed by atoms with van der Waals surface area (Å²) in [5, 5.41) is -0.0142. The maximum atomic E-state index is 13.5. The molecule has 0 fully saturated rings. The number of nitrogens with one attached hydrogen (secondary N) is 1. The number of aromatic amines is 1. The molecule has 2 N–H and O–H groups in total. The number of nitrogens with zero attached hydrogens (tertiary/aromatic N) is 3. The summed E-state index contributed by atoms with van der Waals surface area (Å²) >= 11 is 0.661. The molecule has 0 bridgehead atoms. The van der Waals surface area contributed by atoms with Crippen LogP contribution in [0.15, 0.2) is 59.4 Å². The van der Waals surface area contributed by atoms with Gasteiger partial charge in [-0.1, -0.05) is 31.8 Å². The molecule has 2 rings (SSSR count). The van der Waals surface area contributed by atoms with E-state index < -0.39 is 118 Å². The molecule has 450 valence electrons. The number of imidazole rings is 2. The number of carbonyl (C=O) groups is 2. The summed E-state index contributed by atoms with van der Waals surface area (Å²) in [5.41, 5.74) is 0.647. The molecule has 0 amide bonds. The van der Waals surface area contributed by atoms with Crippen LogP contribution in [0.4, 0.5) is 114 Å². The van der Waals surface area contributed by atoms with Gasteiger partial charge in [0.1, 0.15) is 24.8 Å². The predicted octanol–water partition coefficient (Wildman–Crippen LogP) is 12.2. The molecule has 0 saturated carbocycles. The molecule has 0 saturated heterocycles. The van der Waals surface area contributed by atoms with Crippen LogP contribution in [0.5, 0.6) is 0 Å². The van der Waals surface area contributed by atoms with Gasteiger partial charge in [0.15, 0.2) is 5.16 Å². The van der Waals surface area contributed by atoms with E-state index in [1.165, 1.54) is 48.7 Å². The van der Waals surface area contributed by atoms with Crippen molar-refractivity contribution in [3.05, 3.63) is 49.1 Å². The highest BCUT2D eigenvalue weighted by Gasteiger charge is 2.92. The summed E-state index contributed by atoms with van der Waals surface area (Å²) in [4.78, 5) is 27.2. The molecule has 2 aromatic heterocycles. The van der Waals surface area contributed by atoms with E-state index in [1.807, 2.05) is 6.92 Å². The van der Waals surface area contributed by atoms with Crippen molar-refractivity contribution in [2.75, 3.05) is 30.5 Å². The Kier molecular flexibility index (Phi) is 25.9. The zero-order valence-corrected chi connectivity index (χ0v) is 41.6. The third-order valence-corrected chi connectivity index (χ3v) is 11.4. The van der Waals surface area contributed by atoms with Gasteiger partial charge in [-0.2, -0.15) is 123 Å². The Hall–Kier alpha value is -4.37. The first-order chi connectivity index (χ1) is 34.0. The first-order valence-electron chi connectivity index (χ1n) is 19.8. The average Bonchev–Trinajstić information content (AvgIpc) is 3.87. The fourth-order valence-corrected chi connectivity index (χ4v) is 6.37. The number of carbonyl (C=O) groups excluding carboxylic acids is 2. The van der Waals surface area contributed by atoms with Crippen molar-refractivity contribution in [3.8, 4) is 0 Å². The predicted molar refractivity (Wildman–Crippen MR) is 216 cm³/mol. The van der Waals surface area contributed by atoms with Gasteiger partial charge in [-0.3, -0.25) is 4.55 Å². The number of ether oxygens (including phenoxy) is 2. The number of alkyl halides is 26. The van der Waals surface area contributed by atoms with E-state index in [0.29, 0.717) is 35.7 Å². The standard InChI is InChI=1S/2C12H9F13N2S.C7H12O2.C6H10O5S/c2*1-27-4-3-26-6(27)28-5-2-7(13,14)8(15,16)9(17,18)10(19,20)11(21,22)12(23,24)25;1-4-5-9-7(8)6(2)3;1-5(2)6(7)11-3-4-12(8,9)10/h2*3-4H,2,5H2,1H3;2,4-5H2,1,3H3;1,3-4H2,2H3,(H,8,9,10)/p+1. The van der Waals surface area contributed by atoms with Crippen molar-refractivity contribution in [1.82, 2.24) is 14.5 Å². The highest BCUT2D eigenvalue weighted by molar-refractivity contribution is 7.99. The molecule has 0 aromatic carbocycles. The second-order valence-electron chi connectivity index (χ2n) is 15.0. The summed E-state index contributed by atoms with van der Waals surface area (Å²) in [6.07, 6.45) is -13.4. The monoisotopic (exact) mass is 1240 g/mol. The van der Waals surface area contributed by atoms with Gasteiger partial charge in [0.05, 0.1) is 13.7 Å². The molecular formula is C37H41F26N4O7S3+. The van der Waals surface area contributed by atoms with E-state index in [2.05, 4.69) is 27.9 Å². The number of aryl methyl sites for hydroxylation is 2. The van der Waals surface area contributed by atoms with E-state index in [4.69, 9.17) is 9.29 Å². The van der Waals surface area contributed by atoms with Crippen LogP contribution in [0, 0.1) is 0 Å². The van der Waals surface area contributed by atoms with Crippen LogP contribution in [0.25, 0.3) is 0 Å².